The van der Waals surface area contributed by atoms with Gasteiger partial charge in [0.05, 0.1) is 12.2 Å². The highest BCUT2D eigenvalue weighted by Gasteiger charge is 2.28. The summed E-state index contributed by atoms with van der Waals surface area (Å²) in [5, 5.41) is 3.53. The van der Waals surface area contributed by atoms with Gasteiger partial charge in [-0.15, -0.1) is 11.3 Å². The minimum atomic E-state index is -0.666. The first-order valence-corrected chi connectivity index (χ1v) is 11.8. The van der Waals surface area contributed by atoms with E-state index < -0.39 is 6.10 Å². The van der Waals surface area contributed by atoms with E-state index in [2.05, 4.69) is 17.4 Å². The maximum Gasteiger partial charge on any atom is 0.341 e. The Morgan fingerprint density at radius 2 is 1.80 bits per heavy atom. The lowest BCUT2D eigenvalue weighted by Crippen LogP contribution is -2.30. The van der Waals surface area contributed by atoms with Gasteiger partial charge in [0.15, 0.2) is 6.10 Å². The quantitative estimate of drug-likeness (QED) is 0.652. The number of nitrogens with one attached hydrogen (secondary N) is 1. The van der Waals surface area contributed by atoms with Crippen LogP contribution in [0.5, 0.6) is 5.75 Å². The van der Waals surface area contributed by atoms with Gasteiger partial charge in [0.25, 0.3) is 5.91 Å². The molecular formula is C24H29NO4S. The highest BCUT2D eigenvalue weighted by atomic mass is 32.1. The van der Waals surface area contributed by atoms with Crippen LogP contribution in [0.1, 0.15) is 71.5 Å². The van der Waals surface area contributed by atoms with Crippen LogP contribution in [-0.4, -0.2) is 24.6 Å². The minimum absolute atomic E-state index is 0.253. The summed E-state index contributed by atoms with van der Waals surface area (Å²) in [6, 6.07) is 6.12. The van der Waals surface area contributed by atoms with E-state index in [-0.39, 0.29) is 11.9 Å². The number of aryl methyl sites for hydroxylation is 3. The molecular weight excluding hydrogens is 398 g/mol. The summed E-state index contributed by atoms with van der Waals surface area (Å²) in [4.78, 5) is 26.6. The molecule has 1 aromatic carbocycles. The molecule has 30 heavy (non-hydrogen) atoms. The molecule has 1 unspecified atom stereocenters. The Labute approximate surface area is 181 Å². The molecule has 1 amide bonds. The lowest BCUT2D eigenvalue weighted by Gasteiger charge is -2.19. The first-order chi connectivity index (χ1) is 14.6. The van der Waals surface area contributed by atoms with Crippen LogP contribution in [0.25, 0.3) is 0 Å². The van der Waals surface area contributed by atoms with Crippen molar-refractivity contribution in [3.63, 3.8) is 0 Å². The second-order valence-corrected chi connectivity index (χ2v) is 9.13. The zero-order valence-corrected chi connectivity index (χ0v) is 18.5. The zero-order chi connectivity index (χ0) is 21.1. The van der Waals surface area contributed by atoms with Crippen molar-refractivity contribution in [1.29, 1.82) is 0 Å². The van der Waals surface area contributed by atoms with Gasteiger partial charge in [0.2, 0.25) is 0 Å². The van der Waals surface area contributed by atoms with Crippen LogP contribution in [0.2, 0.25) is 0 Å². The lowest BCUT2D eigenvalue weighted by molar-refractivity contribution is -0.122. The molecule has 0 saturated heterocycles. The summed E-state index contributed by atoms with van der Waals surface area (Å²) in [6.07, 6.45) is 7.93. The molecule has 0 bridgehead atoms. The summed E-state index contributed by atoms with van der Waals surface area (Å²) < 4.78 is 11.2. The number of hydrogen-bond donors (Lipinski definition) is 1. The molecule has 1 N–H and O–H groups in total. The third-order valence-electron chi connectivity index (χ3n) is 5.89. The van der Waals surface area contributed by atoms with Gasteiger partial charge in [-0.2, -0.15) is 0 Å². The second-order valence-electron chi connectivity index (χ2n) is 8.02. The summed E-state index contributed by atoms with van der Waals surface area (Å²) in [5.74, 6) is 0.113. The molecule has 0 spiro atoms. The van der Waals surface area contributed by atoms with E-state index in [9.17, 15) is 9.59 Å². The Bertz CT molecular complexity index is 949. The number of esters is 1. The number of hydrogen-bond acceptors (Lipinski definition) is 5. The van der Waals surface area contributed by atoms with E-state index >= 15 is 0 Å². The Kier molecular flexibility index (Phi) is 6.42. The van der Waals surface area contributed by atoms with Crippen molar-refractivity contribution >= 4 is 28.2 Å². The van der Waals surface area contributed by atoms with Gasteiger partial charge < -0.3 is 14.8 Å². The van der Waals surface area contributed by atoms with Crippen LogP contribution in [-0.2, 0) is 35.2 Å². The number of carbonyl (C=O) groups is 2. The van der Waals surface area contributed by atoms with Crippen molar-refractivity contribution in [2.45, 2.75) is 71.3 Å². The van der Waals surface area contributed by atoms with Gasteiger partial charge in [-0.05, 0) is 94.0 Å². The number of benzene rings is 1. The van der Waals surface area contributed by atoms with E-state index in [1.54, 1.807) is 13.8 Å². The van der Waals surface area contributed by atoms with Gasteiger partial charge in [0.1, 0.15) is 10.8 Å². The molecule has 0 saturated carbocycles. The maximum atomic E-state index is 12.9. The fourth-order valence-corrected chi connectivity index (χ4v) is 5.61. The van der Waals surface area contributed by atoms with Crippen molar-refractivity contribution in [1.82, 2.24) is 0 Å². The first-order valence-electron chi connectivity index (χ1n) is 11.0. The Balaban J connectivity index is 1.49. The molecule has 0 aliphatic heterocycles. The largest absolute Gasteiger partial charge is 0.481 e. The van der Waals surface area contributed by atoms with E-state index in [0.29, 0.717) is 17.2 Å². The predicted octanol–water partition coefficient (Wildman–Crippen LogP) is 5.09. The predicted molar refractivity (Wildman–Crippen MR) is 119 cm³/mol. The third kappa shape index (κ3) is 4.38. The van der Waals surface area contributed by atoms with E-state index in [1.807, 2.05) is 6.07 Å². The highest BCUT2D eigenvalue weighted by molar-refractivity contribution is 7.17. The molecule has 0 radical (unpaired) electrons. The summed E-state index contributed by atoms with van der Waals surface area (Å²) >= 11 is 1.50. The number of rotatable bonds is 6. The van der Waals surface area contributed by atoms with Crippen molar-refractivity contribution < 1.29 is 19.1 Å². The SMILES string of the molecule is CCOC(=O)c1c(NC(=O)C(C)Oc2ccc3c(c2)CCCC3)sc2c1CCCC2. The minimum Gasteiger partial charge on any atom is -0.481 e. The normalized spacial score (nSPS) is 16.2. The van der Waals surface area contributed by atoms with E-state index in [1.165, 1.54) is 40.2 Å². The zero-order valence-electron chi connectivity index (χ0n) is 17.7. The van der Waals surface area contributed by atoms with Crippen LogP contribution in [0.3, 0.4) is 0 Å². The summed E-state index contributed by atoms with van der Waals surface area (Å²) in [6.45, 7) is 3.85. The maximum absolute atomic E-state index is 12.9. The monoisotopic (exact) mass is 427 g/mol. The standard InChI is InChI=1S/C24H29NO4S/c1-3-28-24(27)21-19-10-6-7-11-20(19)30-23(21)25-22(26)15(2)29-18-13-12-16-8-4-5-9-17(16)14-18/h12-15H,3-11H2,1-2H3,(H,25,26). The first kappa shape index (κ1) is 20.9. The second kappa shape index (κ2) is 9.21. The van der Waals surface area contributed by atoms with Crippen LogP contribution >= 0.6 is 11.3 Å². The summed E-state index contributed by atoms with van der Waals surface area (Å²) in [5.41, 5.74) is 4.28. The fraction of sp³-hybridized carbons (Fsp3) is 0.500. The number of thiophene rings is 1. The summed E-state index contributed by atoms with van der Waals surface area (Å²) in [7, 11) is 0. The smallest absolute Gasteiger partial charge is 0.341 e. The number of anilines is 1. The van der Waals surface area contributed by atoms with Crippen molar-refractivity contribution in [2.24, 2.45) is 0 Å². The molecule has 160 valence electrons. The molecule has 0 fully saturated rings. The topological polar surface area (TPSA) is 64.6 Å². The number of carbonyl (C=O) groups excluding carboxylic acids is 2. The van der Waals surface area contributed by atoms with Gasteiger partial charge in [-0.25, -0.2) is 4.79 Å². The fourth-order valence-electron chi connectivity index (χ4n) is 4.33. The molecule has 1 atom stereocenters. The van der Waals surface area contributed by atoms with Gasteiger partial charge >= 0.3 is 5.97 Å². The molecule has 6 heteroatoms. The molecule has 2 aromatic rings. The average Bonchev–Trinajstić information content (AvgIpc) is 3.11. The number of amides is 1. The average molecular weight is 428 g/mol. The molecule has 1 heterocycles. The van der Waals surface area contributed by atoms with Gasteiger partial charge in [-0.3, -0.25) is 4.79 Å². The van der Waals surface area contributed by atoms with Crippen LogP contribution in [0.15, 0.2) is 18.2 Å². The van der Waals surface area contributed by atoms with Crippen LogP contribution < -0.4 is 10.1 Å². The Morgan fingerprint density at radius 1 is 1.07 bits per heavy atom. The Hall–Kier alpha value is -2.34. The Morgan fingerprint density at radius 3 is 2.60 bits per heavy atom. The van der Waals surface area contributed by atoms with Gasteiger partial charge in [-0.1, -0.05) is 6.07 Å². The van der Waals surface area contributed by atoms with Crippen LogP contribution in [0.4, 0.5) is 5.00 Å². The van der Waals surface area contributed by atoms with Crippen LogP contribution in [0, 0.1) is 0 Å². The third-order valence-corrected chi connectivity index (χ3v) is 7.10. The van der Waals surface area contributed by atoms with E-state index in [0.717, 1.165) is 49.8 Å². The van der Waals surface area contributed by atoms with E-state index in [4.69, 9.17) is 9.47 Å². The molecule has 1 aromatic heterocycles. The van der Waals surface area contributed by atoms with Crippen molar-refractivity contribution in [3.05, 3.63) is 45.3 Å². The molecule has 4 rings (SSSR count). The number of ether oxygens (including phenoxy) is 2. The van der Waals surface area contributed by atoms with Crippen molar-refractivity contribution in [3.8, 4) is 5.75 Å². The number of fused-ring (bicyclic) bond motifs is 2. The molecule has 2 aliphatic rings. The molecule has 5 nitrogen and oxygen atoms in total. The van der Waals surface area contributed by atoms with Gasteiger partial charge in [0, 0.05) is 4.88 Å². The lowest BCUT2D eigenvalue weighted by atomic mass is 9.92. The molecule has 2 aliphatic carbocycles. The highest BCUT2D eigenvalue weighted by Crippen LogP contribution is 2.38. The van der Waals surface area contributed by atoms with Crippen molar-refractivity contribution in [2.75, 3.05) is 11.9 Å².